The van der Waals surface area contributed by atoms with E-state index in [4.69, 9.17) is 16.3 Å². The zero-order chi connectivity index (χ0) is 26.8. The summed E-state index contributed by atoms with van der Waals surface area (Å²) in [5.41, 5.74) is 2.66. The molecule has 0 bridgehead atoms. The fourth-order valence-corrected chi connectivity index (χ4v) is 5.54. The Labute approximate surface area is 226 Å². The molecule has 1 saturated heterocycles. The highest BCUT2D eigenvalue weighted by molar-refractivity contribution is 6.31. The maximum Gasteiger partial charge on any atom is 0.322 e. The lowest BCUT2D eigenvalue weighted by molar-refractivity contribution is -0.137. The van der Waals surface area contributed by atoms with E-state index in [2.05, 4.69) is 16.8 Å². The number of rotatable bonds is 7. The second-order valence-corrected chi connectivity index (χ2v) is 9.77. The van der Waals surface area contributed by atoms with Gasteiger partial charge >= 0.3 is 6.03 Å². The third kappa shape index (κ3) is 4.69. The minimum absolute atomic E-state index is 0.0636. The number of methoxy groups -OCH3 is 1. The molecular formula is C28H30ClN5O4. The summed E-state index contributed by atoms with van der Waals surface area (Å²) in [5, 5.41) is 3.37. The molecule has 10 heteroatoms. The minimum atomic E-state index is -0.690. The molecule has 0 radical (unpaired) electrons. The predicted molar refractivity (Wildman–Crippen MR) is 145 cm³/mol. The van der Waals surface area contributed by atoms with Gasteiger partial charge in [-0.05, 0) is 23.8 Å². The summed E-state index contributed by atoms with van der Waals surface area (Å²) in [4.78, 5) is 46.9. The van der Waals surface area contributed by atoms with Crippen LogP contribution in [0.25, 0.3) is 0 Å². The molecule has 0 saturated carbocycles. The molecule has 0 unspecified atom stereocenters. The van der Waals surface area contributed by atoms with Crippen LogP contribution in [0.15, 0.2) is 72.5 Å². The number of para-hydroxylation sites is 2. The van der Waals surface area contributed by atoms with Gasteiger partial charge in [-0.25, -0.2) is 4.79 Å². The molecular weight excluding hydrogens is 506 g/mol. The molecule has 3 aliphatic rings. The van der Waals surface area contributed by atoms with E-state index in [-0.39, 0.29) is 37.5 Å². The maximum absolute atomic E-state index is 13.6. The van der Waals surface area contributed by atoms with Crippen LogP contribution in [0.1, 0.15) is 11.6 Å². The first-order valence-corrected chi connectivity index (χ1v) is 12.9. The number of benzene rings is 2. The van der Waals surface area contributed by atoms with Gasteiger partial charge in [-0.15, -0.1) is 6.58 Å². The average Bonchev–Trinajstić information content (AvgIpc) is 3.26. The second kappa shape index (κ2) is 10.8. The van der Waals surface area contributed by atoms with E-state index >= 15 is 0 Å². The van der Waals surface area contributed by atoms with Crippen LogP contribution in [0.3, 0.4) is 0 Å². The molecule has 0 spiro atoms. The van der Waals surface area contributed by atoms with Crippen LogP contribution in [0.4, 0.5) is 10.5 Å². The normalized spacial score (nSPS) is 19.5. The topological polar surface area (TPSA) is 85.4 Å². The van der Waals surface area contributed by atoms with E-state index in [1.165, 1.54) is 9.80 Å². The summed E-state index contributed by atoms with van der Waals surface area (Å²) >= 11 is 6.44. The van der Waals surface area contributed by atoms with Crippen molar-refractivity contribution in [1.82, 2.24) is 20.0 Å². The van der Waals surface area contributed by atoms with Crippen molar-refractivity contribution in [2.45, 2.75) is 6.04 Å². The first-order valence-electron chi connectivity index (χ1n) is 12.5. The first kappa shape index (κ1) is 25.7. The number of nitrogens with one attached hydrogen (secondary N) is 1. The van der Waals surface area contributed by atoms with Crippen molar-refractivity contribution in [3.63, 3.8) is 0 Å². The number of hydrogen-bond acceptors (Lipinski definition) is 5. The Morgan fingerprint density at radius 2 is 1.82 bits per heavy atom. The van der Waals surface area contributed by atoms with Crippen molar-refractivity contribution in [3.8, 4) is 5.75 Å². The molecule has 4 amide bonds. The Hall–Kier alpha value is -3.98. The highest BCUT2D eigenvalue weighted by Crippen LogP contribution is 2.38. The Kier molecular flexibility index (Phi) is 7.28. The fourth-order valence-electron chi connectivity index (χ4n) is 5.29. The molecule has 5 rings (SSSR count). The zero-order valence-corrected chi connectivity index (χ0v) is 22.0. The second-order valence-electron chi connectivity index (χ2n) is 9.36. The van der Waals surface area contributed by atoms with Crippen molar-refractivity contribution in [3.05, 3.63) is 83.0 Å². The molecule has 3 heterocycles. The van der Waals surface area contributed by atoms with E-state index in [0.717, 1.165) is 11.4 Å². The predicted octanol–water partition coefficient (Wildman–Crippen LogP) is 3.05. The summed E-state index contributed by atoms with van der Waals surface area (Å²) in [6.07, 6.45) is 1.61. The van der Waals surface area contributed by atoms with Crippen molar-refractivity contribution in [2.24, 2.45) is 0 Å². The third-order valence-electron chi connectivity index (χ3n) is 7.21. The van der Waals surface area contributed by atoms with Crippen LogP contribution in [-0.4, -0.2) is 85.5 Å². The molecule has 38 heavy (non-hydrogen) atoms. The largest absolute Gasteiger partial charge is 0.495 e. The number of carbonyl (C=O) groups is 3. The molecule has 9 nitrogen and oxygen atoms in total. The quantitative estimate of drug-likeness (QED) is 0.551. The van der Waals surface area contributed by atoms with Crippen LogP contribution in [-0.2, 0) is 9.59 Å². The summed E-state index contributed by atoms with van der Waals surface area (Å²) in [6, 6.07) is 13.9. The molecule has 1 N–H and O–H groups in total. The Morgan fingerprint density at radius 1 is 1.11 bits per heavy atom. The minimum Gasteiger partial charge on any atom is -0.495 e. The van der Waals surface area contributed by atoms with Crippen LogP contribution < -0.4 is 15.0 Å². The number of amides is 4. The number of hydrogen-bond donors (Lipinski definition) is 1. The number of halogens is 1. The van der Waals surface area contributed by atoms with Crippen LogP contribution in [0.2, 0.25) is 5.02 Å². The SMILES string of the molecule is C=CCN1C(=O)N[C@H](c2ccccc2Cl)C2=C1CN(CC(=O)N1CCN(c3ccccc3OC)CC1)C2=O. The zero-order valence-electron chi connectivity index (χ0n) is 21.2. The Bertz CT molecular complexity index is 1300. The highest BCUT2D eigenvalue weighted by Gasteiger charge is 2.45. The number of anilines is 1. The van der Waals surface area contributed by atoms with Gasteiger partial charge in [0.15, 0.2) is 0 Å². The van der Waals surface area contributed by atoms with Crippen molar-refractivity contribution in [1.29, 1.82) is 0 Å². The molecule has 3 aliphatic heterocycles. The van der Waals surface area contributed by atoms with E-state index in [0.29, 0.717) is 48.0 Å². The van der Waals surface area contributed by atoms with E-state index < -0.39 is 6.04 Å². The van der Waals surface area contributed by atoms with Crippen LogP contribution in [0, 0.1) is 0 Å². The molecule has 1 fully saturated rings. The van der Waals surface area contributed by atoms with Gasteiger partial charge in [0.2, 0.25) is 5.91 Å². The number of nitrogens with zero attached hydrogens (tertiary/aromatic N) is 4. The Balaban J connectivity index is 1.30. The van der Waals surface area contributed by atoms with Gasteiger partial charge in [0.1, 0.15) is 12.3 Å². The lowest BCUT2D eigenvalue weighted by Gasteiger charge is -2.37. The molecule has 1 atom stereocenters. The van der Waals surface area contributed by atoms with Gasteiger partial charge in [0.25, 0.3) is 5.91 Å². The number of ether oxygens (including phenoxy) is 1. The number of piperazine rings is 1. The molecule has 0 aromatic heterocycles. The monoisotopic (exact) mass is 535 g/mol. The molecule has 198 valence electrons. The smallest absolute Gasteiger partial charge is 0.322 e. The molecule has 2 aromatic carbocycles. The summed E-state index contributed by atoms with van der Waals surface area (Å²) in [6.45, 7) is 6.50. The lowest BCUT2D eigenvalue weighted by atomic mass is 9.95. The average molecular weight is 536 g/mol. The van der Waals surface area contributed by atoms with Gasteiger partial charge in [-0.2, -0.15) is 0 Å². The van der Waals surface area contributed by atoms with Gasteiger partial charge in [-0.3, -0.25) is 14.5 Å². The van der Waals surface area contributed by atoms with Gasteiger partial charge < -0.3 is 24.8 Å². The number of carbonyl (C=O) groups excluding carboxylic acids is 3. The Morgan fingerprint density at radius 3 is 2.53 bits per heavy atom. The molecule has 2 aromatic rings. The third-order valence-corrected chi connectivity index (χ3v) is 7.55. The molecule has 0 aliphatic carbocycles. The fraction of sp³-hybridized carbons (Fsp3) is 0.321. The van der Waals surface area contributed by atoms with E-state index in [1.807, 2.05) is 30.3 Å². The number of urea groups is 1. The van der Waals surface area contributed by atoms with Crippen molar-refractivity contribution in [2.75, 3.05) is 57.8 Å². The standard InChI is InChI=1S/C28H30ClN5O4/c1-3-12-34-22-17-33(27(36)25(22)26(30-28(34)37)19-8-4-5-9-20(19)29)18-24(35)32-15-13-31(14-16-32)21-10-6-7-11-23(21)38-2/h3-11,26H,1,12-18H2,2H3,(H,30,37)/t26-/m1/s1. The van der Waals surface area contributed by atoms with Gasteiger partial charge in [0.05, 0.1) is 36.7 Å². The van der Waals surface area contributed by atoms with Crippen molar-refractivity contribution < 1.29 is 19.1 Å². The van der Waals surface area contributed by atoms with Crippen LogP contribution in [0.5, 0.6) is 5.75 Å². The van der Waals surface area contributed by atoms with Crippen molar-refractivity contribution >= 4 is 35.1 Å². The summed E-state index contributed by atoms with van der Waals surface area (Å²) in [7, 11) is 1.65. The van der Waals surface area contributed by atoms with E-state index in [9.17, 15) is 14.4 Å². The highest BCUT2D eigenvalue weighted by atomic mass is 35.5. The van der Waals surface area contributed by atoms with Crippen LogP contribution >= 0.6 is 11.6 Å². The van der Waals surface area contributed by atoms with Gasteiger partial charge in [-0.1, -0.05) is 48.0 Å². The van der Waals surface area contributed by atoms with E-state index in [1.54, 1.807) is 36.3 Å². The first-order chi connectivity index (χ1) is 18.4. The summed E-state index contributed by atoms with van der Waals surface area (Å²) in [5.74, 6) is 0.397. The maximum atomic E-state index is 13.6. The van der Waals surface area contributed by atoms with Gasteiger partial charge in [0, 0.05) is 37.7 Å². The summed E-state index contributed by atoms with van der Waals surface area (Å²) < 4.78 is 5.48. The lowest BCUT2D eigenvalue weighted by Crippen LogP contribution is -2.51.